The highest BCUT2D eigenvalue weighted by atomic mass is 79.9. The van der Waals surface area contributed by atoms with E-state index < -0.39 is 34.8 Å². The Kier molecular flexibility index (Phi) is 4.97. The Bertz CT molecular complexity index is 505. The van der Waals surface area contributed by atoms with Crippen LogP contribution in [0.5, 0.6) is 0 Å². The molecule has 0 radical (unpaired) electrons. The fourth-order valence-corrected chi connectivity index (χ4v) is 2.53. The molecule has 0 amide bonds. The zero-order valence-electron chi connectivity index (χ0n) is 9.04. The summed E-state index contributed by atoms with van der Waals surface area (Å²) < 4.78 is 61.3. The zero-order chi connectivity index (χ0) is 13.8. The molecule has 0 aliphatic heterocycles. The third-order valence-electron chi connectivity index (χ3n) is 1.86. The van der Waals surface area contributed by atoms with E-state index in [0.717, 1.165) is 0 Å². The van der Waals surface area contributed by atoms with Crippen molar-refractivity contribution in [1.82, 2.24) is 4.98 Å². The number of nitrogens with one attached hydrogen (secondary N) is 1. The van der Waals surface area contributed by atoms with E-state index in [1.165, 1.54) is 12.3 Å². The first-order valence-electron chi connectivity index (χ1n) is 4.87. The van der Waals surface area contributed by atoms with Gasteiger partial charge in [-0.3, -0.25) is 4.72 Å². The topological polar surface area (TPSA) is 59.1 Å². The molecule has 0 bridgehead atoms. The van der Waals surface area contributed by atoms with Gasteiger partial charge in [0.2, 0.25) is 10.0 Å². The fraction of sp³-hybridized carbons (Fsp3) is 0.444. The summed E-state index contributed by atoms with van der Waals surface area (Å²) in [5.41, 5.74) is 0. The van der Waals surface area contributed by atoms with Crippen LogP contribution in [-0.4, -0.2) is 25.3 Å². The molecule has 1 heterocycles. The number of hydrogen-bond acceptors (Lipinski definition) is 3. The molecular weight excluding hydrogens is 337 g/mol. The molecule has 0 unspecified atom stereocenters. The minimum Gasteiger partial charge on any atom is -0.267 e. The highest BCUT2D eigenvalue weighted by Crippen LogP contribution is 2.22. The average Bonchev–Trinajstić information content (AvgIpc) is 2.13. The quantitative estimate of drug-likeness (QED) is 0.891. The molecule has 0 saturated heterocycles. The van der Waals surface area contributed by atoms with Crippen LogP contribution in [0.3, 0.4) is 0 Å². The van der Waals surface area contributed by atoms with Crippen LogP contribution >= 0.6 is 15.9 Å². The van der Waals surface area contributed by atoms with E-state index >= 15 is 0 Å². The number of halogens is 4. The lowest BCUT2D eigenvalue weighted by atomic mass is 10.3. The summed E-state index contributed by atoms with van der Waals surface area (Å²) in [5.74, 6) is -0.530. The van der Waals surface area contributed by atoms with Crippen molar-refractivity contribution in [3.05, 3.63) is 22.8 Å². The molecule has 0 aliphatic rings. The minimum absolute atomic E-state index is 0.0661. The lowest BCUT2D eigenvalue weighted by Crippen LogP contribution is -2.19. The maximum atomic E-state index is 11.9. The van der Waals surface area contributed by atoms with Crippen LogP contribution in [0.4, 0.5) is 19.0 Å². The molecule has 0 saturated carbocycles. The van der Waals surface area contributed by atoms with E-state index in [4.69, 9.17) is 0 Å². The van der Waals surface area contributed by atoms with Crippen molar-refractivity contribution >= 4 is 31.8 Å². The van der Waals surface area contributed by atoms with E-state index in [1.54, 1.807) is 6.07 Å². The van der Waals surface area contributed by atoms with E-state index in [9.17, 15) is 21.6 Å². The molecule has 0 fully saturated rings. The Morgan fingerprint density at radius 1 is 1.39 bits per heavy atom. The molecule has 9 heteroatoms. The Hall–Kier alpha value is -0.830. The lowest BCUT2D eigenvalue weighted by molar-refractivity contribution is -0.134. The van der Waals surface area contributed by atoms with Gasteiger partial charge in [-0.25, -0.2) is 13.4 Å². The SMILES string of the molecule is O=S(=O)(CCCC(F)(F)F)Nc1cc(Br)ccn1. The molecule has 1 aromatic heterocycles. The van der Waals surface area contributed by atoms with Crippen molar-refractivity contribution in [2.24, 2.45) is 0 Å². The number of sulfonamides is 1. The molecule has 0 aromatic carbocycles. The summed E-state index contributed by atoms with van der Waals surface area (Å²) in [7, 11) is -3.81. The second kappa shape index (κ2) is 5.87. The van der Waals surface area contributed by atoms with Gasteiger partial charge in [-0.2, -0.15) is 13.2 Å². The molecule has 1 rings (SSSR count). The molecule has 0 aliphatic carbocycles. The van der Waals surface area contributed by atoms with Crippen LogP contribution in [0.1, 0.15) is 12.8 Å². The van der Waals surface area contributed by atoms with Crippen LogP contribution in [-0.2, 0) is 10.0 Å². The fourth-order valence-electron chi connectivity index (χ4n) is 1.13. The van der Waals surface area contributed by atoms with Crippen molar-refractivity contribution in [2.45, 2.75) is 19.0 Å². The normalized spacial score (nSPS) is 12.4. The van der Waals surface area contributed by atoms with Gasteiger partial charge in [0.25, 0.3) is 0 Å². The number of pyridine rings is 1. The summed E-state index contributed by atoms with van der Waals surface area (Å²) in [6.45, 7) is 0. The van der Waals surface area contributed by atoms with Crippen LogP contribution in [0.2, 0.25) is 0 Å². The highest BCUT2D eigenvalue weighted by Gasteiger charge is 2.27. The maximum Gasteiger partial charge on any atom is 0.389 e. The largest absolute Gasteiger partial charge is 0.389 e. The Morgan fingerprint density at radius 3 is 2.61 bits per heavy atom. The van der Waals surface area contributed by atoms with Gasteiger partial charge in [-0.1, -0.05) is 15.9 Å². The number of alkyl halides is 3. The molecule has 1 aromatic rings. The van der Waals surface area contributed by atoms with Gasteiger partial charge in [-0.15, -0.1) is 0 Å². The summed E-state index contributed by atoms with van der Waals surface area (Å²) in [6, 6.07) is 3.02. The van der Waals surface area contributed by atoms with Gasteiger partial charge in [0.15, 0.2) is 0 Å². The Morgan fingerprint density at radius 2 is 2.06 bits per heavy atom. The number of aromatic nitrogens is 1. The van der Waals surface area contributed by atoms with Crippen molar-refractivity contribution in [2.75, 3.05) is 10.5 Å². The highest BCUT2D eigenvalue weighted by molar-refractivity contribution is 9.10. The van der Waals surface area contributed by atoms with Crippen LogP contribution in [0, 0.1) is 0 Å². The number of nitrogens with zero attached hydrogens (tertiary/aromatic N) is 1. The molecule has 102 valence electrons. The van der Waals surface area contributed by atoms with Crippen molar-refractivity contribution < 1.29 is 21.6 Å². The molecular formula is C9H10BrF3N2O2S. The van der Waals surface area contributed by atoms with Gasteiger partial charge in [0, 0.05) is 17.1 Å². The molecule has 18 heavy (non-hydrogen) atoms. The third-order valence-corrected chi connectivity index (χ3v) is 3.69. The second-order valence-electron chi connectivity index (χ2n) is 3.50. The van der Waals surface area contributed by atoms with Crippen molar-refractivity contribution in [3.8, 4) is 0 Å². The molecule has 0 spiro atoms. The summed E-state index contributed by atoms with van der Waals surface area (Å²) >= 11 is 3.12. The molecule has 1 N–H and O–H groups in total. The molecule has 4 nitrogen and oxygen atoms in total. The third kappa shape index (κ3) is 6.20. The maximum absolute atomic E-state index is 11.9. The van der Waals surface area contributed by atoms with Crippen LogP contribution in [0.15, 0.2) is 22.8 Å². The van der Waals surface area contributed by atoms with E-state index in [-0.39, 0.29) is 5.82 Å². The van der Waals surface area contributed by atoms with Gasteiger partial charge in [-0.05, 0) is 18.6 Å². The van der Waals surface area contributed by atoms with Gasteiger partial charge in [0.1, 0.15) is 5.82 Å². The van der Waals surface area contributed by atoms with Crippen LogP contribution < -0.4 is 4.72 Å². The summed E-state index contributed by atoms with van der Waals surface area (Å²) in [6.07, 6.45) is -4.58. The number of hydrogen-bond donors (Lipinski definition) is 1. The minimum atomic E-state index is -4.34. The summed E-state index contributed by atoms with van der Waals surface area (Å²) in [4.78, 5) is 3.74. The Labute approximate surface area is 111 Å². The van der Waals surface area contributed by atoms with Gasteiger partial charge >= 0.3 is 6.18 Å². The predicted molar refractivity (Wildman–Crippen MR) is 64.6 cm³/mol. The van der Waals surface area contributed by atoms with Gasteiger partial charge in [0.05, 0.1) is 5.75 Å². The van der Waals surface area contributed by atoms with E-state index in [1.807, 2.05) is 0 Å². The molecule has 0 atom stereocenters. The average molecular weight is 347 g/mol. The van der Waals surface area contributed by atoms with E-state index in [0.29, 0.717) is 4.47 Å². The van der Waals surface area contributed by atoms with Gasteiger partial charge < -0.3 is 0 Å². The predicted octanol–water partition coefficient (Wildman–Crippen LogP) is 2.93. The standard InChI is InChI=1S/C9H10BrF3N2O2S/c10-7-2-4-14-8(6-7)15-18(16,17)5-1-3-9(11,12)13/h2,4,6H,1,3,5H2,(H,14,15). The summed E-state index contributed by atoms with van der Waals surface area (Å²) in [5, 5.41) is 0. The lowest BCUT2D eigenvalue weighted by Gasteiger charge is -2.08. The number of anilines is 1. The monoisotopic (exact) mass is 346 g/mol. The Balaban J connectivity index is 2.55. The first-order chi connectivity index (χ1) is 8.18. The smallest absolute Gasteiger partial charge is 0.267 e. The van der Waals surface area contributed by atoms with Crippen LogP contribution in [0.25, 0.3) is 0 Å². The van der Waals surface area contributed by atoms with Crippen molar-refractivity contribution in [1.29, 1.82) is 0 Å². The number of rotatable bonds is 5. The first kappa shape index (κ1) is 15.2. The second-order valence-corrected chi connectivity index (χ2v) is 6.26. The first-order valence-corrected chi connectivity index (χ1v) is 7.31. The van der Waals surface area contributed by atoms with Crippen molar-refractivity contribution in [3.63, 3.8) is 0 Å². The zero-order valence-corrected chi connectivity index (χ0v) is 11.4. The van der Waals surface area contributed by atoms with E-state index in [2.05, 4.69) is 25.6 Å².